The predicted molar refractivity (Wildman–Crippen MR) is 103 cm³/mol. The maximum absolute atomic E-state index is 12.8. The van der Waals surface area contributed by atoms with E-state index < -0.39 is 18.0 Å². The average molecular weight is 434 g/mol. The largest absolute Gasteiger partial charge is 0.433 e. The lowest BCUT2D eigenvalue weighted by atomic mass is 10.3. The first-order valence-electron chi connectivity index (χ1n) is 8.51. The molecule has 4 aromatic rings. The molecule has 1 N–H and O–H groups in total. The molecular formula is C18H13F3N6O2S. The van der Waals surface area contributed by atoms with E-state index in [2.05, 4.69) is 25.4 Å². The van der Waals surface area contributed by atoms with Crippen molar-refractivity contribution in [2.45, 2.75) is 20.0 Å². The molecule has 0 spiro atoms. The van der Waals surface area contributed by atoms with Gasteiger partial charge in [-0.2, -0.15) is 13.2 Å². The molecule has 0 bridgehead atoms. The molecule has 8 nitrogen and oxygen atoms in total. The van der Waals surface area contributed by atoms with Gasteiger partial charge in [0.1, 0.15) is 5.69 Å². The van der Waals surface area contributed by atoms with E-state index in [1.165, 1.54) is 40.5 Å². The Morgan fingerprint density at radius 1 is 1.17 bits per heavy atom. The van der Waals surface area contributed by atoms with Gasteiger partial charge in [0.15, 0.2) is 16.6 Å². The summed E-state index contributed by atoms with van der Waals surface area (Å²) in [6, 6.07) is 3.40. The van der Waals surface area contributed by atoms with Crippen LogP contribution in [-0.4, -0.2) is 30.7 Å². The molecular weight excluding hydrogens is 421 g/mol. The van der Waals surface area contributed by atoms with E-state index in [1.807, 2.05) is 12.3 Å². The normalized spacial score (nSPS) is 11.6. The van der Waals surface area contributed by atoms with Gasteiger partial charge in [-0.3, -0.25) is 4.68 Å². The van der Waals surface area contributed by atoms with Gasteiger partial charge in [0.2, 0.25) is 0 Å². The summed E-state index contributed by atoms with van der Waals surface area (Å²) in [4.78, 5) is 28.6. The van der Waals surface area contributed by atoms with Crippen LogP contribution in [0.15, 0.2) is 36.0 Å². The van der Waals surface area contributed by atoms with E-state index in [1.54, 1.807) is 6.92 Å². The number of hydrogen-bond donors (Lipinski definition) is 1. The van der Waals surface area contributed by atoms with Crippen LogP contribution in [0.1, 0.15) is 17.1 Å². The molecule has 30 heavy (non-hydrogen) atoms. The van der Waals surface area contributed by atoms with E-state index in [0.29, 0.717) is 16.5 Å². The minimum Gasteiger partial charge on any atom is -0.406 e. The number of thiazole rings is 1. The highest BCUT2D eigenvalue weighted by molar-refractivity contribution is 7.13. The molecule has 0 aliphatic carbocycles. The van der Waals surface area contributed by atoms with E-state index in [0.717, 1.165) is 11.8 Å². The van der Waals surface area contributed by atoms with Gasteiger partial charge in [0, 0.05) is 17.3 Å². The Balaban J connectivity index is 1.50. The van der Waals surface area contributed by atoms with Crippen molar-refractivity contribution in [2.24, 2.45) is 0 Å². The van der Waals surface area contributed by atoms with Crippen molar-refractivity contribution in [1.29, 1.82) is 0 Å². The van der Waals surface area contributed by atoms with Gasteiger partial charge in [-0.1, -0.05) is 0 Å². The summed E-state index contributed by atoms with van der Waals surface area (Å²) < 4.78 is 44.8. The van der Waals surface area contributed by atoms with Gasteiger partial charge in [-0.05, 0) is 32.0 Å². The van der Waals surface area contributed by atoms with Crippen molar-refractivity contribution in [3.8, 4) is 16.6 Å². The number of halogens is 3. The van der Waals surface area contributed by atoms with E-state index in [-0.39, 0.29) is 16.8 Å². The molecule has 4 heterocycles. The van der Waals surface area contributed by atoms with Gasteiger partial charge >= 0.3 is 12.3 Å². The zero-order chi connectivity index (χ0) is 21.5. The van der Waals surface area contributed by atoms with Crippen LogP contribution in [0.2, 0.25) is 0 Å². The second-order valence-corrected chi connectivity index (χ2v) is 7.08. The lowest BCUT2D eigenvalue weighted by molar-refractivity contribution is -0.140. The standard InChI is InChI=1S/C18H13F3N6O2S/c1-9-8-30-16(23-9)15-22-7-13(10(2)24-15)29-17(28)26-27-6-5-11-12(27)3-4-14(25-11)18(19,20)21/h3-8H,1-2H3,(H,26,28). The number of pyridine rings is 1. The molecule has 4 aromatic heterocycles. The number of amides is 1. The van der Waals surface area contributed by atoms with Crippen LogP contribution in [0, 0.1) is 13.8 Å². The SMILES string of the molecule is Cc1csc(-c2ncc(OC(=O)Nn3ccc4nc(C(F)(F)F)ccc43)c(C)n2)n1. The maximum atomic E-state index is 12.8. The smallest absolute Gasteiger partial charge is 0.406 e. The van der Waals surface area contributed by atoms with Crippen molar-refractivity contribution in [2.75, 3.05) is 5.43 Å². The number of rotatable bonds is 3. The molecule has 0 aliphatic rings. The molecule has 4 rings (SSSR count). The summed E-state index contributed by atoms with van der Waals surface area (Å²) >= 11 is 1.40. The van der Waals surface area contributed by atoms with E-state index in [9.17, 15) is 18.0 Å². The summed E-state index contributed by atoms with van der Waals surface area (Å²) in [6.45, 7) is 3.51. The molecule has 0 atom stereocenters. The highest BCUT2D eigenvalue weighted by Crippen LogP contribution is 2.29. The fourth-order valence-corrected chi connectivity index (χ4v) is 3.35. The van der Waals surface area contributed by atoms with Crippen molar-refractivity contribution in [3.05, 3.63) is 53.1 Å². The fourth-order valence-electron chi connectivity index (χ4n) is 2.61. The molecule has 0 unspecified atom stereocenters. The van der Waals surface area contributed by atoms with Crippen molar-refractivity contribution in [1.82, 2.24) is 24.6 Å². The summed E-state index contributed by atoms with van der Waals surface area (Å²) in [7, 11) is 0. The van der Waals surface area contributed by atoms with Gasteiger partial charge in [-0.15, -0.1) is 11.3 Å². The molecule has 0 saturated heterocycles. The zero-order valence-corrected chi connectivity index (χ0v) is 16.4. The van der Waals surface area contributed by atoms with E-state index >= 15 is 0 Å². The number of ether oxygens (including phenoxy) is 1. The Labute approximate surface area is 171 Å². The number of aromatic nitrogens is 5. The van der Waals surface area contributed by atoms with Crippen LogP contribution in [0.4, 0.5) is 18.0 Å². The number of fused-ring (bicyclic) bond motifs is 1. The monoisotopic (exact) mass is 434 g/mol. The third-order valence-electron chi connectivity index (χ3n) is 3.99. The molecule has 0 radical (unpaired) electrons. The number of aryl methyl sites for hydroxylation is 2. The van der Waals surface area contributed by atoms with Crippen molar-refractivity contribution in [3.63, 3.8) is 0 Å². The molecule has 0 aromatic carbocycles. The van der Waals surface area contributed by atoms with E-state index in [4.69, 9.17) is 4.74 Å². The van der Waals surface area contributed by atoms with Gasteiger partial charge in [0.25, 0.3) is 0 Å². The Kier molecular flexibility index (Phi) is 4.86. The summed E-state index contributed by atoms with van der Waals surface area (Å²) in [6.07, 6.45) is -2.68. The van der Waals surface area contributed by atoms with Crippen LogP contribution >= 0.6 is 11.3 Å². The molecule has 0 aliphatic heterocycles. The summed E-state index contributed by atoms with van der Waals surface area (Å²) in [5.74, 6) is 0.555. The Bertz CT molecular complexity index is 1250. The second kappa shape index (κ2) is 7.37. The third-order valence-corrected chi connectivity index (χ3v) is 4.95. The number of carbonyl (C=O) groups is 1. The lowest BCUT2D eigenvalue weighted by Gasteiger charge is -2.10. The van der Waals surface area contributed by atoms with Crippen molar-refractivity contribution < 1.29 is 22.7 Å². The minimum absolute atomic E-state index is 0.0766. The first kappa shape index (κ1) is 19.8. The van der Waals surface area contributed by atoms with Crippen molar-refractivity contribution >= 4 is 28.5 Å². The van der Waals surface area contributed by atoms with Crippen LogP contribution in [0.3, 0.4) is 0 Å². The number of hydrogen-bond acceptors (Lipinski definition) is 7. The summed E-state index contributed by atoms with van der Waals surface area (Å²) in [5, 5.41) is 2.52. The maximum Gasteiger partial charge on any atom is 0.433 e. The molecule has 0 saturated carbocycles. The number of nitrogens with one attached hydrogen (secondary N) is 1. The average Bonchev–Trinajstić information content (AvgIpc) is 3.29. The molecule has 0 fully saturated rings. The second-order valence-electron chi connectivity index (χ2n) is 6.22. The molecule has 12 heteroatoms. The number of nitrogens with zero attached hydrogens (tertiary/aromatic N) is 5. The minimum atomic E-state index is -4.55. The van der Waals surface area contributed by atoms with Gasteiger partial charge in [-0.25, -0.2) is 30.2 Å². The topological polar surface area (TPSA) is 94.8 Å². The molecule has 154 valence electrons. The third kappa shape index (κ3) is 3.94. The number of carbonyl (C=O) groups excluding carboxylic acids is 1. The number of alkyl halides is 3. The first-order chi connectivity index (χ1) is 14.2. The Morgan fingerprint density at radius 3 is 2.63 bits per heavy atom. The van der Waals surface area contributed by atoms with Crippen LogP contribution < -0.4 is 10.2 Å². The fraction of sp³-hybridized carbons (Fsp3) is 0.167. The summed E-state index contributed by atoms with van der Waals surface area (Å²) in [5.41, 5.74) is 3.04. The highest BCUT2D eigenvalue weighted by Gasteiger charge is 2.32. The lowest BCUT2D eigenvalue weighted by Crippen LogP contribution is -2.25. The van der Waals surface area contributed by atoms with Crippen LogP contribution in [-0.2, 0) is 6.18 Å². The molecule has 1 amide bonds. The first-order valence-corrected chi connectivity index (χ1v) is 9.39. The zero-order valence-electron chi connectivity index (χ0n) is 15.6. The van der Waals surface area contributed by atoms with Crippen LogP contribution in [0.25, 0.3) is 21.9 Å². The highest BCUT2D eigenvalue weighted by atomic mass is 32.1. The van der Waals surface area contributed by atoms with Gasteiger partial charge in [0.05, 0.1) is 22.9 Å². The quantitative estimate of drug-likeness (QED) is 0.516. The van der Waals surface area contributed by atoms with Crippen LogP contribution in [0.5, 0.6) is 5.75 Å². The van der Waals surface area contributed by atoms with Gasteiger partial charge < -0.3 is 4.74 Å². The Morgan fingerprint density at radius 2 is 1.97 bits per heavy atom. The Hall–Kier alpha value is -3.54. The predicted octanol–water partition coefficient (Wildman–Crippen LogP) is 4.33.